The van der Waals surface area contributed by atoms with Crippen LogP contribution in [0.3, 0.4) is 0 Å². The average molecular weight is 229 g/mol. The molecule has 0 amide bonds. The lowest BCUT2D eigenvalue weighted by Gasteiger charge is -2.33. The van der Waals surface area contributed by atoms with E-state index >= 15 is 0 Å². The fraction of sp³-hybridized carbons (Fsp3) is 0.917. The Kier molecular flexibility index (Phi) is 6.42. The number of carbonyl (C=O) groups is 1. The number of piperidine rings is 1. The predicted octanol–water partition coefficient (Wildman–Crippen LogP) is 1.44. The molecule has 0 saturated carbocycles. The van der Waals surface area contributed by atoms with Crippen molar-refractivity contribution in [1.29, 1.82) is 0 Å². The summed E-state index contributed by atoms with van der Waals surface area (Å²) < 4.78 is 10.4. The zero-order valence-electron chi connectivity index (χ0n) is 10.4. The van der Waals surface area contributed by atoms with Gasteiger partial charge >= 0.3 is 5.97 Å². The Morgan fingerprint density at radius 3 is 2.81 bits per heavy atom. The molecule has 1 heterocycles. The van der Waals surface area contributed by atoms with Gasteiger partial charge in [-0.25, -0.2) is 0 Å². The Morgan fingerprint density at radius 1 is 1.31 bits per heavy atom. The van der Waals surface area contributed by atoms with Crippen molar-refractivity contribution in [3.8, 4) is 0 Å². The number of hydrogen-bond acceptors (Lipinski definition) is 4. The molecule has 0 spiro atoms. The first-order valence-corrected chi connectivity index (χ1v) is 6.28. The molecule has 4 nitrogen and oxygen atoms in total. The molecule has 4 heteroatoms. The van der Waals surface area contributed by atoms with E-state index in [0.29, 0.717) is 13.2 Å². The van der Waals surface area contributed by atoms with Crippen molar-refractivity contribution >= 4 is 5.97 Å². The van der Waals surface area contributed by atoms with Gasteiger partial charge in [-0.15, -0.1) is 0 Å². The van der Waals surface area contributed by atoms with Crippen molar-refractivity contribution < 1.29 is 14.3 Å². The van der Waals surface area contributed by atoms with Crippen LogP contribution in [-0.4, -0.2) is 49.8 Å². The summed E-state index contributed by atoms with van der Waals surface area (Å²) in [6.07, 6.45) is 3.21. The van der Waals surface area contributed by atoms with E-state index in [2.05, 4.69) is 4.90 Å². The predicted molar refractivity (Wildman–Crippen MR) is 62.3 cm³/mol. The molecule has 1 unspecified atom stereocenters. The smallest absolute Gasteiger partial charge is 0.323 e. The summed E-state index contributed by atoms with van der Waals surface area (Å²) in [6.45, 7) is 7.55. The number of esters is 1. The maximum atomic E-state index is 11.7. The van der Waals surface area contributed by atoms with Crippen LogP contribution >= 0.6 is 0 Å². The molecule has 1 aliphatic rings. The van der Waals surface area contributed by atoms with Gasteiger partial charge in [0.25, 0.3) is 0 Å². The van der Waals surface area contributed by atoms with Gasteiger partial charge in [0.2, 0.25) is 0 Å². The molecule has 1 rings (SSSR count). The highest BCUT2D eigenvalue weighted by atomic mass is 16.5. The van der Waals surface area contributed by atoms with Crippen molar-refractivity contribution in [3.05, 3.63) is 0 Å². The summed E-state index contributed by atoms with van der Waals surface area (Å²) in [7, 11) is 0. The summed E-state index contributed by atoms with van der Waals surface area (Å²) in [5, 5.41) is 0. The lowest BCUT2D eigenvalue weighted by atomic mass is 10.0. The quantitative estimate of drug-likeness (QED) is 0.510. The Balaban J connectivity index is 2.40. The first-order chi connectivity index (χ1) is 7.79. The van der Waals surface area contributed by atoms with Crippen LogP contribution in [0.2, 0.25) is 0 Å². The molecular weight excluding hydrogens is 206 g/mol. The minimum absolute atomic E-state index is 0.0471. The van der Waals surface area contributed by atoms with Crippen LogP contribution in [0.5, 0.6) is 0 Å². The summed E-state index contributed by atoms with van der Waals surface area (Å²) >= 11 is 0. The highest BCUT2D eigenvalue weighted by Crippen LogP contribution is 2.17. The maximum absolute atomic E-state index is 11.7. The molecule has 1 atom stereocenters. The van der Waals surface area contributed by atoms with E-state index in [0.717, 1.165) is 32.5 Å². The van der Waals surface area contributed by atoms with Gasteiger partial charge in [0.05, 0.1) is 13.2 Å². The number of nitrogens with zero attached hydrogens (tertiary/aromatic N) is 1. The van der Waals surface area contributed by atoms with Crippen LogP contribution in [0.25, 0.3) is 0 Å². The summed E-state index contributed by atoms with van der Waals surface area (Å²) in [5.74, 6) is -0.0706. The molecule has 1 saturated heterocycles. The van der Waals surface area contributed by atoms with E-state index < -0.39 is 0 Å². The fourth-order valence-electron chi connectivity index (χ4n) is 2.09. The average Bonchev–Trinajstić information content (AvgIpc) is 2.30. The zero-order valence-corrected chi connectivity index (χ0v) is 10.4. The van der Waals surface area contributed by atoms with E-state index in [-0.39, 0.29) is 12.0 Å². The highest BCUT2D eigenvalue weighted by molar-refractivity contribution is 5.75. The lowest BCUT2D eigenvalue weighted by molar-refractivity contribution is -0.151. The number of likely N-dealkylation sites (tertiary alicyclic amines) is 1. The maximum Gasteiger partial charge on any atom is 0.323 e. The molecule has 1 aliphatic heterocycles. The molecule has 16 heavy (non-hydrogen) atoms. The molecule has 0 bridgehead atoms. The first kappa shape index (κ1) is 13.5. The molecule has 0 aliphatic carbocycles. The van der Waals surface area contributed by atoms with Gasteiger partial charge in [-0.3, -0.25) is 9.69 Å². The van der Waals surface area contributed by atoms with Gasteiger partial charge in [-0.05, 0) is 33.2 Å². The second-order valence-corrected chi connectivity index (χ2v) is 4.00. The number of rotatable bonds is 6. The standard InChI is InChI=1S/C12H23NO3/c1-3-15-10-9-13-8-6-5-7-11(13)12(14)16-4-2/h11H,3-10H2,1-2H3. The van der Waals surface area contributed by atoms with Crippen LogP contribution in [0, 0.1) is 0 Å². The molecule has 0 aromatic heterocycles. The fourth-order valence-corrected chi connectivity index (χ4v) is 2.09. The summed E-state index contributed by atoms with van der Waals surface area (Å²) in [4.78, 5) is 13.9. The molecular formula is C12H23NO3. The topological polar surface area (TPSA) is 38.8 Å². The number of ether oxygens (including phenoxy) is 2. The Labute approximate surface area is 97.9 Å². The van der Waals surface area contributed by atoms with E-state index in [1.54, 1.807) is 0 Å². The molecule has 0 aromatic rings. The van der Waals surface area contributed by atoms with Crippen LogP contribution < -0.4 is 0 Å². The van der Waals surface area contributed by atoms with E-state index in [1.807, 2.05) is 13.8 Å². The minimum atomic E-state index is -0.0706. The summed E-state index contributed by atoms with van der Waals surface area (Å²) in [5.41, 5.74) is 0. The van der Waals surface area contributed by atoms with Gasteiger partial charge in [-0.1, -0.05) is 6.42 Å². The second kappa shape index (κ2) is 7.63. The largest absolute Gasteiger partial charge is 0.465 e. The first-order valence-electron chi connectivity index (χ1n) is 6.28. The van der Waals surface area contributed by atoms with Crippen LogP contribution in [0.1, 0.15) is 33.1 Å². The van der Waals surface area contributed by atoms with Gasteiger partial charge in [0.1, 0.15) is 6.04 Å². The molecule has 0 radical (unpaired) electrons. The highest BCUT2D eigenvalue weighted by Gasteiger charge is 2.29. The lowest BCUT2D eigenvalue weighted by Crippen LogP contribution is -2.46. The van der Waals surface area contributed by atoms with Crippen molar-refractivity contribution in [2.45, 2.75) is 39.2 Å². The third-order valence-corrected chi connectivity index (χ3v) is 2.90. The normalized spacial score (nSPS) is 22.0. The minimum Gasteiger partial charge on any atom is -0.465 e. The number of carbonyl (C=O) groups excluding carboxylic acids is 1. The van der Waals surface area contributed by atoms with Gasteiger partial charge in [-0.2, -0.15) is 0 Å². The molecule has 94 valence electrons. The SMILES string of the molecule is CCOCCN1CCCCC1C(=O)OCC. The van der Waals surface area contributed by atoms with E-state index in [9.17, 15) is 4.79 Å². The van der Waals surface area contributed by atoms with Crippen molar-refractivity contribution in [2.24, 2.45) is 0 Å². The third kappa shape index (κ3) is 4.10. The Morgan fingerprint density at radius 2 is 2.12 bits per heavy atom. The summed E-state index contributed by atoms with van der Waals surface area (Å²) in [6, 6.07) is -0.0471. The van der Waals surface area contributed by atoms with Crippen molar-refractivity contribution in [1.82, 2.24) is 4.90 Å². The van der Waals surface area contributed by atoms with Crippen molar-refractivity contribution in [3.63, 3.8) is 0 Å². The molecule has 1 fully saturated rings. The van der Waals surface area contributed by atoms with Gasteiger partial charge < -0.3 is 9.47 Å². The van der Waals surface area contributed by atoms with Gasteiger partial charge in [0, 0.05) is 13.2 Å². The second-order valence-electron chi connectivity index (χ2n) is 4.00. The third-order valence-electron chi connectivity index (χ3n) is 2.90. The molecule has 0 aromatic carbocycles. The van der Waals surface area contributed by atoms with E-state index in [1.165, 1.54) is 6.42 Å². The van der Waals surface area contributed by atoms with Crippen molar-refractivity contribution in [2.75, 3.05) is 32.9 Å². The van der Waals surface area contributed by atoms with E-state index in [4.69, 9.17) is 9.47 Å². The molecule has 0 N–H and O–H groups in total. The zero-order chi connectivity index (χ0) is 11.8. The van der Waals surface area contributed by atoms with Gasteiger partial charge in [0.15, 0.2) is 0 Å². The number of hydrogen-bond donors (Lipinski definition) is 0. The van der Waals surface area contributed by atoms with Crippen LogP contribution in [-0.2, 0) is 14.3 Å². The Hall–Kier alpha value is -0.610. The monoisotopic (exact) mass is 229 g/mol. The Bertz CT molecular complexity index is 208. The van der Waals surface area contributed by atoms with Crippen LogP contribution in [0.15, 0.2) is 0 Å². The van der Waals surface area contributed by atoms with Crippen LogP contribution in [0.4, 0.5) is 0 Å².